The van der Waals surface area contributed by atoms with Gasteiger partial charge in [0.05, 0.1) is 0 Å². The van der Waals surface area contributed by atoms with E-state index in [2.05, 4.69) is 19.2 Å². The van der Waals surface area contributed by atoms with E-state index in [9.17, 15) is 4.79 Å². The lowest BCUT2D eigenvalue weighted by atomic mass is 10.2. The van der Waals surface area contributed by atoms with Gasteiger partial charge in [-0.1, -0.05) is 26.0 Å². The molecule has 0 saturated carbocycles. The van der Waals surface area contributed by atoms with Crippen molar-refractivity contribution in [1.82, 2.24) is 5.32 Å². The minimum atomic E-state index is -0.0920. The van der Waals surface area contributed by atoms with Crippen LogP contribution in [0.25, 0.3) is 6.08 Å². The second kappa shape index (κ2) is 9.15. The molecule has 4 heteroatoms. The van der Waals surface area contributed by atoms with E-state index in [1.54, 1.807) is 6.08 Å². The van der Waals surface area contributed by atoms with Crippen molar-refractivity contribution in [2.24, 2.45) is 5.92 Å². The molecule has 0 bridgehead atoms. The second-order valence-electron chi connectivity index (χ2n) is 5.11. The van der Waals surface area contributed by atoms with Crippen molar-refractivity contribution < 1.29 is 9.53 Å². The Morgan fingerprint density at radius 3 is 2.70 bits per heavy atom. The van der Waals surface area contributed by atoms with Gasteiger partial charge in [0, 0.05) is 31.5 Å². The van der Waals surface area contributed by atoms with Gasteiger partial charge in [-0.25, -0.2) is 0 Å². The fraction of sp³-hybridized carbons (Fsp3) is 0.438. The summed E-state index contributed by atoms with van der Waals surface area (Å²) in [6, 6.07) is 7.37. The molecule has 0 aliphatic rings. The number of hydrogen-bond donors (Lipinski definition) is 2. The van der Waals surface area contributed by atoms with Crippen LogP contribution in [0.15, 0.2) is 30.3 Å². The maximum atomic E-state index is 11.6. The molecule has 110 valence electrons. The summed E-state index contributed by atoms with van der Waals surface area (Å²) in [5, 5.41) is 2.82. The highest BCUT2D eigenvalue weighted by Gasteiger charge is 1.96. The number of nitrogen functional groups attached to an aromatic ring is 1. The van der Waals surface area contributed by atoms with Crippen molar-refractivity contribution in [3.8, 4) is 0 Å². The van der Waals surface area contributed by atoms with Crippen LogP contribution < -0.4 is 11.1 Å². The molecule has 1 amide bonds. The summed E-state index contributed by atoms with van der Waals surface area (Å²) in [6.07, 6.45) is 4.12. The van der Waals surface area contributed by atoms with Gasteiger partial charge in [0.2, 0.25) is 5.91 Å². The molecule has 0 atom stereocenters. The van der Waals surface area contributed by atoms with Crippen LogP contribution in [0.5, 0.6) is 0 Å². The van der Waals surface area contributed by atoms with Crippen molar-refractivity contribution in [2.75, 3.05) is 25.5 Å². The number of amides is 1. The Bertz CT molecular complexity index is 425. The molecule has 0 fully saturated rings. The van der Waals surface area contributed by atoms with E-state index in [1.807, 2.05) is 24.3 Å². The summed E-state index contributed by atoms with van der Waals surface area (Å²) in [6.45, 7) is 6.31. The monoisotopic (exact) mass is 276 g/mol. The number of nitrogens with two attached hydrogens (primary N) is 1. The molecule has 1 aromatic carbocycles. The lowest BCUT2D eigenvalue weighted by molar-refractivity contribution is -0.116. The zero-order valence-corrected chi connectivity index (χ0v) is 12.3. The third-order valence-corrected chi connectivity index (χ3v) is 2.58. The first kappa shape index (κ1) is 16.2. The van der Waals surface area contributed by atoms with Gasteiger partial charge in [-0.3, -0.25) is 4.79 Å². The first-order valence-corrected chi connectivity index (χ1v) is 6.97. The van der Waals surface area contributed by atoms with Gasteiger partial charge >= 0.3 is 0 Å². The molecule has 0 aliphatic heterocycles. The molecule has 0 saturated heterocycles. The van der Waals surface area contributed by atoms with Crippen LogP contribution in [-0.4, -0.2) is 25.7 Å². The highest BCUT2D eigenvalue weighted by atomic mass is 16.5. The van der Waals surface area contributed by atoms with E-state index in [1.165, 1.54) is 6.08 Å². The molecule has 0 heterocycles. The summed E-state index contributed by atoms with van der Waals surface area (Å²) in [4.78, 5) is 11.6. The average molecular weight is 276 g/mol. The van der Waals surface area contributed by atoms with E-state index in [0.29, 0.717) is 24.8 Å². The Hall–Kier alpha value is -1.81. The zero-order chi connectivity index (χ0) is 14.8. The topological polar surface area (TPSA) is 64.3 Å². The van der Waals surface area contributed by atoms with Gasteiger partial charge in [0.1, 0.15) is 0 Å². The lowest BCUT2D eigenvalue weighted by Gasteiger charge is -2.06. The Morgan fingerprint density at radius 2 is 2.05 bits per heavy atom. The first-order chi connectivity index (χ1) is 9.58. The van der Waals surface area contributed by atoms with Crippen LogP contribution in [0, 0.1) is 5.92 Å². The maximum absolute atomic E-state index is 11.6. The van der Waals surface area contributed by atoms with E-state index < -0.39 is 0 Å². The molecule has 4 nitrogen and oxygen atoms in total. The summed E-state index contributed by atoms with van der Waals surface area (Å²) >= 11 is 0. The van der Waals surface area contributed by atoms with Crippen molar-refractivity contribution in [3.05, 3.63) is 35.9 Å². The van der Waals surface area contributed by atoms with Crippen molar-refractivity contribution >= 4 is 17.7 Å². The number of benzene rings is 1. The van der Waals surface area contributed by atoms with Crippen molar-refractivity contribution in [1.29, 1.82) is 0 Å². The van der Waals surface area contributed by atoms with E-state index in [4.69, 9.17) is 10.5 Å². The average Bonchev–Trinajstić information content (AvgIpc) is 2.41. The summed E-state index contributed by atoms with van der Waals surface area (Å²) < 4.78 is 5.44. The molecule has 3 N–H and O–H groups in total. The normalized spacial score (nSPS) is 11.2. The number of carbonyl (C=O) groups excluding carboxylic acids is 1. The Labute approximate surface area is 121 Å². The van der Waals surface area contributed by atoms with Crippen LogP contribution in [-0.2, 0) is 9.53 Å². The molecular formula is C16H24N2O2. The van der Waals surface area contributed by atoms with Crippen LogP contribution in [0.4, 0.5) is 5.69 Å². The van der Waals surface area contributed by atoms with Crippen molar-refractivity contribution in [3.63, 3.8) is 0 Å². The summed E-state index contributed by atoms with van der Waals surface area (Å²) in [7, 11) is 0. The van der Waals surface area contributed by atoms with Crippen molar-refractivity contribution in [2.45, 2.75) is 20.3 Å². The summed E-state index contributed by atoms with van der Waals surface area (Å²) in [5.41, 5.74) is 7.26. The zero-order valence-electron chi connectivity index (χ0n) is 12.3. The molecule has 0 unspecified atom stereocenters. The number of carbonyl (C=O) groups is 1. The Balaban J connectivity index is 2.15. The molecular weight excluding hydrogens is 252 g/mol. The molecule has 0 radical (unpaired) electrons. The van der Waals surface area contributed by atoms with Crippen LogP contribution in [0.1, 0.15) is 25.8 Å². The number of rotatable bonds is 8. The predicted molar refractivity (Wildman–Crippen MR) is 83.2 cm³/mol. The molecule has 1 rings (SSSR count). The fourth-order valence-corrected chi connectivity index (χ4v) is 1.54. The number of anilines is 1. The van der Waals surface area contributed by atoms with Gasteiger partial charge < -0.3 is 15.8 Å². The Morgan fingerprint density at radius 1 is 1.35 bits per heavy atom. The van der Waals surface area contributed by atoms with E-state index >= 15 is 0 Å². The predicted octanol–water partition coefficient (Wildman–Crippen LogP) is 2.46. The van der Waals surface area contributed by atoms with Crippen LogP contribution in [0.2, 0.25) is 0 Å². The minimum absolute atomic E-state index is 0.0920. The number of hydrogen-bond acceptors (Lipinski definition) is 3. The molecule has 0 aromatic heterocycles. The molecule has 1 aromatic rings. The third kappa shape index (κ3) is 7.59. The molecule has 20 heavy (non-hydrogen) atoms. The standard InChI is InChI=1S/C16H24N2O2/c1-13(2)12-20-11-3-10-18-16(19)9-6-14-4-7-15(17)8-5-14/h4-9,13H,3,10-12,17H2,1-2H3,(H,18,19)/b9-6+. The molecule has 0 aliphatic carbocycles. The fourth-order valence-electron chi connectivity index (χ4n) is 1.54. The van der Waals surface area contributed by atoms with Gasteiger partial charge in [-0.15, -0.1) is 0 Å². The lowest BCUT2D eigenvalue weighted by Crippen LogP contribution is -2.23. The SMILES string of the molecule is CC(C)COCCCNC(=O)/C=C/c1ccc(N)cc1. The highest BCUT2D eigenvalue weighted by molar-refractivity contribution is 5.91. The smallest absolute Gasteiger partial charge is 0.244 e. The highest BCUT2D eigenvalue weighted by Crippen LogP contribution is 2.06. The van der Waals surface area contributed by atoms with Crippen LogP contribution >= 0.6 is 0 Å². The number of nitrogens with one attached hydrogen (secondary N) is 1. The number of ether oxygens (including phenoxy) is 1. The summed E-state index contributed by atoms with van der Waals surface area (Å²) in [5.74, 6) is 0.457. The minimum Gasteiger partial charge on any atom is -0.399 e. The van der Waals surface area contributed by atoms with E-state index in [-0.39, 0.29) is 5.91 Å². The first-order valence-electron chi connectivity index (χ1n) is 6.97. The van der Waals surface area contributed by atoms with Gasteiger partial charge in [0.15, 0.2) is 0 Å². The quantitative estimate of drug-likeness (QED) is 0.435. The Kier molecular flexibility index (Phi) is 7.43. The van der Waals surface area contributed by atoms with Gasteiger partial charge in [-0.2, -0.15) is 0 Å². The third-order valence-electron chi connectivity index (χ3n) is 2.58. The van der Waals surface area contributed by atoms with Gasteiger partial charge in [0.25, 0.3) is 0 Å². The molecule has 0 spiro atoms. The largest absolute Gasteiger partial charge is 0.399 e. The van der Waals surface area contributed by atoms with Crippen LogP contribution in [0.3, 0.4) is 0 Å². The van der Waals surface area contributed by atoms with Gasteiger partial charge in [-0.05, 0) is 36.1 Å². The maximum Gasteiger partial charge on any atom is 0.244 e. The van der Waals surface area contributed by atoms with E-state index in [0.717, 1.165) is 18.6 Å². The second-order valence-corrected chi connectivity index (χ2v) is 5.11.